The molecule has 3 aromatic rings. The Morgan fingerprint density at radius 3 is 2.52 bits per heavy atom. The molecule has 0 aliphatic rings. The maximum atomic E-state index is 12.8. The average molecular weight is 384 g/mol. The highest BCUT2D eigenvalue weighted by atomic mass is 35.5. The van der Waals surface area contributed by atoms with Crippen LogP contribution in [0.2, 0.25) is 5.02 Å². The number of anilines is 1. The van der Waals surface area contributed by atoms with Crippen LogP contribution in [0.5, 0.6) is 11.5 Å². The van der Waals surface area contributed by atoms with Gasteiger partial charge in [0.05, 0.1) is 22.9 Å². The number of nitrogens with one attached hydrogen (secondary N) is 1. The number of benzene rings is 3. The summed E-state index contributed by atoms with van der Waals surface area (Å²) >= 11 is 6.12. The molecular formula is C22H22ClNO3. The molecule has 5 heteroatoms. The first-order valence-corrected chi connectivity index (χ1v) is 9.43. The van der Waals surface area contributed by atoms with E-state index in [0.717, 1.165) is 24.6 Å². The number of carbonyl (C=O) groups excluding carboxylic acids is 1. The summed E-state index contributed by atoms with van der Waals surface area (Å²) in [5, 5.41) is 15.2. The summed E-state index contributed by atoms with van der Waals surface area (Å²) in [5.41, 5.74) is 0.640. The molecule has 27 heavy (non-hydrogen) atoms. The van der Waals surface area contributed by atoms with Crippen molar-refractivity contribution in [2.75, 3.05) is 11.9 Å². The second-order valence-corrected chi connectivity index (χ2v) is 6.71. The van der Waals surface area contributed by atoms with E-state index in [1.807, 2.05) is 18.2 Å². The molecule has 0 saturated heterocycles. The number of amides is 1. The fourth-order valence-electron chi connectivity index (χ4n) is 2.91. The van der Waals surface area contributed by atoms with Crippen molar-refractivity contribution < 1.29 is 14.6 Å². The molecule has 0 radical (unpaired) electrons. The molecule has 1 amide bonds. The molecule has 0 heterocycles. The van der Waals surface area contributed by atoms with Crippen LogP contribution in [0.4, 0.5) is 5.69 Å². The topological polar surface area (TPSA) is 58.6 Å². The molecule has 3 rings (SSSR count). The van der Waals surface area contributed by atoms with E-state index >= 15 is 0 Å². The first kappa shape index (κ1) is 19.1. The van der Waals surface area contributed by atoms with E-state index in [0.29, 0.717) is 28.5 Å². The van der Waals surface area contributed by atoms with Crippen LogP contribution < -0.4 is 10.1 Å². The highest BCUT2D eigenvalue weighted by molar-refractivity contribution is 6.34. The number of phenolic OH excluding ortho intramolecular Hbond substituents is 1. The lowest BCUT2D eigenvalue weighted by Gasteiger charge is -2.14. The molecule has 0 aliphatic carbocycles. The van der Waals surface area contributed by atoms with Gasteiger partial charge < -0.3 is 15.2 Å². The first-order chi connectivity index (χ1) is 13.1. The van der Waals surface area contributed by atoms with E-state index in [1.165, 1.54) is 0 Å². The van der Waals surface area contributed by atoms with E-state index in [-0.39, 0.29) is 11.3 Å². The van der Waals surface area contributed by atoms with Crippen molar-refractivity contribution in [1.82, 2.24) is 0 Å². The first-order valence-electron chi connectivity index (χ1n) is 9.05. The lowest BCUT2D eigenvalue weighted by atomic mass is 10.0. The van der Waals surface area contributed by atoms with Crippen LogP contribution in [0.3, 0.4) is 0 Å². The van der Waals surface area contributed by atoms with E-state index in [1.54, 1.807) is 36.4 Å². The third-order valence-corrected chi connectivity index (χ3v) is 4.68. The summed E-state index contributed by atoms with van der Waals surface area (Å²) < 4.78 is 5.92. The third-order valence-electron chi connectivity index (χ3n) is 4.35. The maximum Gasteiger partial charge on any atom is 0.259 e. The zero-order chi connectivity index (χ0) is 19.2. The standard InChI is InChI=1S/C22H22ClNO3/c1-2-3-8-13-27-20-14-17(21(25)16-10-5-4-9-15(16)20)22(26)24-19-12-7-6-11-18(19)23/h4-7,9-12,14,25H,2-3,8,13H2,1H3,(H,24,26). The van der Waals surface area contributed by atoms with Crippen LogP contribution in [0, 0.1) is 0 Å². The van der Waals surface area contributed by atoms with Gasteiger partial charge in [-0.3, -0.25) is 4.79 Å². The van der Waals surface area contributed by atoms with Gasteiger partial charge in [-0.15, -0.1) is 0 Å². The van der Waals surface area contributed by atoms with Crippen LogP contribution >= 0.6 is 11.6 Å². The Kier molecular flexibility index (Phi) is 6.20. The molecule has 0 atom stereocenters. The predicted molar refractivity (Wildman–Crippen MR) is 110 cm³/mol. The third kappa shape index (κ3) is 4.34. The van der Waals surface area contributed by atoms with Crippen molar-refractivity contribution in [2.24, 2.45) is 0 Å². The van der Waals surface area contributed by atoms with Gasteiger partial charge in [0.25, 0.3) is 5.91 Å². The molecule has 0 saturated carbocycles. The van der Waals surface area contributed by atoms with Gasteiger partial charge in [-0.05, 0) is 24.6 Å². The van der Waals surface area contributed by atoms with Gasteiger partial charge in [-0.2, -0.15) is 0 Å². The van der Waals surface area contributed by atoms with E-state index in [4.69, 9.17) is 16.3 Å². The Morgan fingerprint density at radius 2 is 1.78 bits per heavy atom. The van der Waals surface area contributed by atoms with Crippen molar-refractivity contribution in [3.8, 4) is 11.5 Å². The number of hydrogen-bond acceptors (Lipinski definition) is 3. The number of hydrogen-bond donors (Lipinski definition) is 2. The lowest BCUT2D eigenvalue weighted by Crippen LogP contribution is -2.13. The minimum atomic E-state index is -0.440. The van der Waals surface area contributed by atoms with E-state index in [2.05, 4.69) is 12.2 Å². The number of para-hydroxylation sites is 1. The quantitative estimate of drug-likeness (QED) is 0.490. The Labute approximate surface area is 163 Å². The largest absolute Gasteiger partial charge is 0.506 e. The Morgan fingerprint density at radius 1 is 1.07 bits per heavy atom. The molecule has 0 unspecified atom stereocenters. The van der Waals surface area contributed by atoms with Gasteiger partial charge in [0.15, 0.2) is 0 Å². The Hall–Kier alpha value is -2.72. The number of unbranched alkanes of at least 4 members (excludes halogenated alkanes) is 2. The highest BCUT2D eigenvalue weighted by Crippen LogP contribution is 2.36. The smallest absolute Gasteiger partial charge is 0.259 e. The minimum absolute atomic E-state index is 0.0731. The molecule has 3 aromatic carbocycles. The molecule has 4 nitrogen and oxygen atoms in total. The summed E-state index contributed by atoms with van der Waals surface area (Å²) in [6, 6.07) is 15.9. The van der Waals surface area contributed by atoms with Crippen LogP contribution in [0.15, 0.2) is 54.6 Å². The van der Waals surface area contributed by atoms with Gasteiger partial charge in [-0.25, -0.2) is 0 Å². The summed E-state index contributed by atoms with van der Waals surface area (Å²) in [6.07, 6.45) is 3.12. The van der Waals surface area contributed by atoms with Crippen molar-refractivity contribution in [3.63, 3.8) is 0 Å². The Balaban J connectivity index is 1.95. The number of ether oxygens (including phenoxy) is 1. The summed E-state index contributed by atoms with van der Waals surface area (Å²) in [5.74, 6) is 0.0737. The molecular weight excluding hydrogens is 362 g/mol. The summed E-state index contributed by atoms with van der Waals surface area (Å²) in [6.45, 7) is 2.70. The number of carbonyl (C=O) groups is 1. The normalized spacial score (nSPS) is 10.7. The number of halogens is 1. The van der Waals surface area contributed by atoms with Gasteiger partial charge in [-0.1, -0.05) is 67.8 Å². The summed E-state index contributed by atoms with van der Waals surface area (Å²) in [4.78, 5) is 12.8. The molecule has 140 valence electrons. The van der Waals surface area contributed by atoms with Gasteiger partial charge in [0.1, 0.15) is 11.5 Å². The minimum Gasteiger partial charge on any atom is -0.506 e. The molecule has 2 N–H and O–H groups in total. The number of fused-ring (bicyclic) bond motifs is 1. The highest BCUT2D eigenvalue weighted by Gasteiger charge is 2.18. The van der Waals surface area contributed by atoms with Crippen molar-refractivity contribution in [2.45, 2.75) is 26.2 Å². The molecule has 0 spiro atoms. The molecule has 0 aliphatic heterocycles. The lowest BCUT2D eigenvalue weighted by molar-refractivity contribution is 0.102. The zero-order valence-corrected chi connectivity index (χ0v) is 15.9. The van der Waals surface area contributed by atoms with Gasteiger partial charge >= 0.3 is 0 Å². The van der Waals surface area contributed by atoms with E-state index in [9.17, 15) is 9.90 Å². The van der Waals surface area contributed by atoms with Crippen molar-refractivity contribution >= 4 is 34.0 Å². The van der Waals surface area contributed by atoms with Gasteiger partial charge in [0, 0.05) is 10.8 Å². The fraction of sp³-hybridized carbons (Fsp3) is 0.227. The molecule has 0 bridgehead atoms. The number of phenols is 1. The van der Waals surface area contributed by atoms with Crippen molar-refractivity contribution in [1.29, 1.82) is 0 Å². The maximum absolute atomic E-state index is 12.8. The van der Waals surface area contributed by atoms with Crippen LogP contribution in [-0.2, 0) is 0 Å². The second kappa shape index (κ2) is 8.78. The zero-order valence-electron chi connectivity index (χ0n) is 15.2. The SMILES string of the molecule is CCCCCOc1cc(C(=O)Nc2ccccc2Cl)c(O)c2ccccc12. The van der Waals surface area contributed by atoms with Gasteiger partial charge in [0.2, 0.25) is 0 Å². The van der Waals surface area contributed by atoms with Crippen LogP contribution in [-0.4, -0.2) is 17.6 Å². The van der Waals surface area contributed by atoms with Crippen molar-refractivity contribution in [3.05, 3.63) is 65.2 Å². The Bertz CT molecular complexity index is 955. The fourth-order valence-corrected chi connectivity index (χ4v) is 3.09. The van der Waals surface area contributed by atoms with Crippen LogP contribution in [0.25, 0.3) is 10.8 Å². The van der Waals surface area contributed by atoms with Crippen LogP contribution in [0.1, 0.15) is 36.5 Å². The summed E-state index contributed by atoms with van der Waals surface area (Å²) in [7, 11) is 0. The molecule has 0 fully saturated rings. The molecule has 0 aromatic heterocycles. The predicted octanol–water partition coefficient (Wildman–Crippen LogP) is 6.02. The number of rotatable bonds is 7. The second-order valence-electron chi connectivity index (χ2n) is 6.31. The average Bonchev–Trinajstić information content (AvgIpc) is 2.68. The van der Waals surface area contributed by atoms with E-state index < -0.39 is 5.91 Å². The number of aromatic hydroxyl groups is 1. The monoisotopic (exact) mass is 383 g/mol.